The Morgan fingerprint density at radius 2 is 1.83 bits per heavy atom. The highest BCUT2D eigenvalue weighted by atomic mass is 16.3. The summed E-state index contributed by atoms with van der Waals surface area (Å²) in [5, 5.41) is 14.8. The van der Waals surface area contributed by atoms with Gasteiger partial charge in [-0.05, 0) is 32.8 Å². The molecule has 96 valence electrons. The number of hydrogen-bond acceptors (Lipinski definition) is 2. The predicted octanol–water partition coefficient (Wildman–Crippen LogP) is 3.71. The SMILES string of the molecule is CCc1nn(C(C)C)c(O)c1-c1ccc(C)cc1. The molecule has 0 saturated carbocycles. The van der Waals surface area contributed by atoms with E-state index < -0.39 is 0 Å². The van der Waals surface area contributed by atoms with Gasteiger partial charge in [0, 0.05) is 0 Å². The van der Waals surface area contributed by atoms with Gasteiger partial charge in [0.25, 0.3) is 0 Å². The second kappa shape index (κ2) is 4.84. The molecule has 0 aliphatic carbocycles. The van der Waals surface area contributed by atoms with Crippen LogP contribution >= 0.6 is 0 Å². The van der Waals surface area contributed by atoms with E-state index in [4.69, 9.17) is 0 Å². The lowest BCUT2D eigenvalue weighted by Crippen LogP contribution is -2.02. The average Bonchev–Trinajstić information content (AvgIpc) is 2.67. The molecule has 3 nitrogen and oxygen atoms in total. The normalized spacial score (nSPS) is 11.2. The minimum atomic E-state index is 0.162. The van der Waals surface area contributed by atoms with Crippen molar-refractivity contribution in [2.24, 2.45) is 0 Å². The van der Waals surface area contributed by atoms with E-state index >= 15 is 0 Å². The molecule has 0 amide bonds. The molecule has 0 saturated heterocycles. The van der Waals surface area contributed by atoms with Gasteiger partial charge < -0.3 is 5.11 Å². The number of rotatable bonds is 3. The van der Waals surface area contributed by atoms with Crippen LogP contribution in [0.1, 0.15) is 38.1 Å². The Balaban J connectivity index is 2.58. The summed E-state index contributed by atoms with van der Waals surface area (Å²) in [5.41, 5.74) is 4.06. The van der Waals surface area contributed by atoms with Crippen molar-refractivity contribution in [1.29, 1.82) is 0 Å². The number of benzene rings is 1. The summed E-state index contributed by atoms with van der Waals surface area (Å²) in [6, 6.07) is 8.35. The van der Waals surface area contributed by atoms with Crippen LogP contribution < -0.4 is 0 Å². The Morgan fingerprint density at radius 1 is 1.22 bits per heavy atom. The number of aromatic hydroxyl groups is 1. The Hall–Kier alpha value is -1.77. The van der Waals surface area contributed by atoms with Crippen LogP contribution in [0.15, 0.2) is 24.3 Å². The smallest absolute Gasteiger partial charge is 0.217 e. The molecule has 0 unspecified atom stereocenters. The zero-order chi connectivity index (χ0) is 13.3. The van der Waals surface area contributed by atoms with Gasteiger partial charge in [-0.1, -0.05) is 36.8 Å². The average molecular weight is 244 g/mol. The monoisotopic (exact) mass is 244 g/mol. The van der Waals surface area contributed by atoms with E-state index in [9.17, 15) is 5.11 Å². The van der Waals surface area contributed by atoms with Gasteiger partial charge in [0.05, 0.1) is 17.3 Å². The molecular weight excluding hydrogens is 224 g/mol. The number of aromatic nitrogens is 2. The van der Waals surface area contributed by atoms with E-state index in [0.717, 1.165) is 23.2 Å². The maximum Gasteiger partial charge on any atom is 0.217 e. The number of hydrogen-bond donors (Lipinski definition) is 1. The van der Waals surface area contributed by atoms with E-state index in [0.29, 0.717) is 0 Å². The highest BCUT2D eigenvalue weighted by Crippen LogP contribution is 2.34. The summed E-state index contributed by atoms with van der Waals surface area (Å²) < 4.78 is 1.69. The van der Waals surface area contributed by atoms with Gasteiger partial charge in [0.1, 0.15) is 0 Å². The van der Waals surface area contributed by atoms with Crippen LogP contribution in [-0.2, 0) is 6.42 Å². The minimum Gasteiger partial charge on any atom is -0.493 e. The van der Waals surface area contributed by atoms with Gasteiger partial charge in [-0.2, -0.15) is 5.10 Å². The third kappa shape index (κ3) is 2.13. The van der Waals surface area contributed by atoms with Crippen LogP contribution in [0.2, 0.25) is 0 Å². The third-order valence-corrected chi connectivity index (χ3v) is 3.12. The molecule has 0 aliphatic rings. The largest absolute Gasteiger partial charge is 0.493 e. The summed E-state index contributed by atoms with van der Waals surface area (Å²) in [6.07, 6.45) is 0.816. The highest BCUT2D eigenvalue weighted by Gasteiger charge is 2.18. The molecule has 0 aliphatic heterocycles. The van der Waals surface area contributed by atoms with Crippen LogP contribution in [0, 0.1) is 6.92 Å². The van der Waals surface area contributed by atoms with Crippen molar-refractivity contribution in [2.45, 2.75) is 40.2 Å². The lowest BCUT2D eigenvalue weighted by atomic mass is 10.0. The topological polar surface area (TPSA) is 38.0 Å². The molecule has 0 fully saturated rings. The third-order valence-electron chi connectivity index (χ3n) is 3.12. The molecule has 0 spiro atoms. The second-order valence-corrected chi connectivity index (χ2v) is 4.90. The van der Waals surface area contributed by atoms with E-state index in [1.54, 1.807) is 4.68 Å². The summed E-state index contributed by atoms with van der Waals surface area (Å²) in [4.78, 5) is 0. The predicted molar refractivity (Wildman–Crippen MR) is 73.8 cm³/mol. The zero-order valence-corrected chi connectivity index (χ0v) is 11.4. The van der Waals surface area contributed by atoms with Crippen molar-refractivity contribution in [2.75, 3.05) is 0 Å². The Kier molecular flexibility index (Phi) is 3.41. The Labute approximate surface area is 108 Å². The molecule has 2 rings (SSSR count). The second-order valence-electron chi connectivity index (χ2n) is 4.90. The molecule has 1 heterocycles. The first-order valence-corrected chi connectivity index (χ1v) is 6.42. The molecular formula is C15H20N2O. The maximum absolute atomic E-state index is 10.3. The van der Waals surface area contributed by atoms with Gasteiger partial charge in [-0.25, -0.2) is 4.68 Å². The van der Waals surface area contributed by atoms with Crippen molar-refractivity contribution in [3.05, 3.63) is 35.5 Å². The molecule has 1 aromatic heterocycles. The first-order chi connectivity index (χ1) is 8.54. The molecule has 2 aromatic rings. The minimum absolute atomic E-state index is 0.162. The van der Waals surface area contributed by atoms with Crippen molar-refractivity contribution < 1.29 is 5.11 Å². The van der Waals surface area contributed by atoms with Crippen molar-refractivity contribution in [1.82, 2.24) is 9.78 Å². The van der Waals surface area contributed by atoms with Gasteiger partial charge in [-0.15, -0.1) is 0 Å². The van der Waals surface area contributed by atoms with Crippen molar-refractivity contribution in [3.8, 4) is 17.0 Å². The van der Waals surface area contributed by atoms with Gasteiger partial charge in [0.2, 0.25) is 5.88 Å². The van der Waals surface area contributed by atoms with Crippen LogP contribution in [0.25, 0.3) is 11.1 Å². The lowest BCUT2D eigenvalue weighted by molar-refractivity contribution is 0.378. The van der Waals surface area contributed by atoms with Crippen molar-refractivity contribution in [3.63, 3.8) is 0 Å². The van der Waals surface area contributed by atoms with Crippen LogP contribution in [0.4, 0.5) is 0 Å². The fraction of sp³-hybridized carbons (Fsp3) is 0.400. The first-order valence-electron chi connectivity index (χ1n) is 6.42. The van der Waals surface area contributed by atoms with E-state index in [-0.39, 0.29) is 11.9 Å². The Bertz CT molecular complexity index is 538. The zero-order valence-electron chi connectivity index (χ0n) is 11.4. The first kappa shape index (κ1) is 12.7. The molecule has 1 aromatic carbocycles. The Morgan fingerprint density at radius 3 is 2.33 bits per heavy atom. The highest BCUT2D eigenvalue weighted by molar-refractivity contribution is 5.71. The van der Waals surface area contributed by atoms with Gasteiger partial charge >= 0.3 is 0 Å². The molecule has 0 radical (unpaired) electrons. The summed E-state index contributed by atoms with van der Waals surface area (Å²) in [5.74, 6) is 0.269. The fourth-order valence-electron chi connectivity index (χ4n) is 2.09. The van der Waals surface area contributed by atoms with Gasteiger partial charge in [0.15, 0.2) is 0 Å². The van der Waals surface area contributed by atoms with Crippen molar-refractivity contribution >= 4 is 0 Å². The van der Waals surface area contributed by atoms with Crippen LogP contribution in [-0.4, -0.2) is 14.9 Å². The van der Waals surface area contributed by atoms with Crippen LogP contribution in [0.5, 0.6) is 5.88 Å². The number of aryl methyl sites for hydroxylation is 2. The van der Waals surface area contributed by atoms with E-state index in [2.05, 4.69) is 31.1 Å². The molecule has 1 N–H and O–H groups in total. The van der Waals surface area contributed by atoms with E-state index in [1.165, 1.54) is 5.56 Å². The number of nitrogens with zero attached hydrogens (tertiary/aromatic N) is 2. The summed E-state index contributed by atoms with van der Waals surface area (Å²) in [7, 11) is 0. The summed E-state index contributed by atoms with van der Waals surface area (Å²) >= 11 is 0. The fourth-order valence-corrected chi connectivity index (χ4v) is 2.09. The molecule has 3 heteroatoms. The van der Waals surface area contributed by atoms with E-state index in [1.807, 2.05) is 26.0 Å². The standard InChI is InChI=1S/C15H20N2O/c1-5-13-14(12-8-6-11(4)7-9-12)15(18)17(16-13)10(2)3/h6-10,18H,5H2,1-4H3. The molecule has 18 heavy (non-hydrogen) atoms. The van der Waals surface area contributed by atoms with Gasteiger partial charge in [-0.3, -0.25) is 0 Å². The quantitative estimate of drug-likeness (QED) is 0.893. The molecule has 0 bridgehead atoms. The maximum atomic E-state index is 10.3. The van der Waals surface area contributed by atoms with Crippen LogP contribution in [0.3, 0.4) is 0 Å². The summed E-state index contributed by atoms with van der Waals surface area (Å²) in [6.45, 7) is 8.15. The lowest BCUT2D eigenvalue weighted by Gasteiger charge is -2.07. The molecule has 0 atom stereocenters.